The molecular weight excluding hydrogens is 322 g/mol. The molecule has 1 aliphatic heterocycles. The molecule has 1 N–H and O–H groups in total. The molecule has 1 saturated heterocycles. The summed E-state index contributed by atoms with van der Waals surface area (Å²) in [7, 11) is 0. The fourth-order valence-corrected chi connectivity index (χ4v) is 3.70. The van der Waals surface area contributed by atoms with Crippen LogP contribution in [0.4, 0.5) is 0 Å². The van der Waals surface area contributed by atoms with Crippen LogP contribution in [-0.2, 0) is 22.7 Å². The van der Waals surface area contributed by atoms with Crippen LogP contribution in [0, 0.1) is 12.8 Å². The zero-order valence-electron chi connectivity index (χ0n) is 13.7. The van der Waals surface area contributed by atoms with Crippen LogP contribution in [0.1, 0.15) is 28.3 Å². The van der Waals surface area contributed by atoms with Gasteiger partial charge in [-0.2, -0.15) is 0 Å². The van der Waals surface area contributed by atoms with E-state index in [-0.39, 0.29) is 17.7 Å². The van der Waals surface area contributed by atoms with E-state index in [9.17, 15) is 9.59 Å². The molecule has 6 heteroatoms. The van der Waals surface area contributed by atoms with Gasteiger partial charge in [-0.1, -0.05) is 6.07 Å². The van der Waals surface area contributed by atoms with Gasteiger partial charge in [-0.25, -0.2) is 0 Å². The molecule has 5 nitrogen and oxygen atoms in total. The Morgan fingerprint density at radius 1 is 1.38 bits per heavy atom. The summed E-state index contributed by atoms with van der Waals surface area (Å²) in [6.07, 6.45) is 2.76. The molecule has 126 valence electrons. The van der Waals surface area contributed by atoms with Gasteiger partial charge in [0.15, 0.2) is 0 Å². The second kappa shape index (κ2) is 7.57. The van der Waals surface area contributed by atoms with Crippen molar-refractivity contribution in [2.75, 3.05) is 6.54 Å². The number of pyridine rings is 1. The minimum atomic E-state index is -0.146. The number of nitrogens with zero attached hydrogens (tertiary/aromatic N) is 2. The Balaban J connectivity index is 1.55. The third kappa shape index (κ3) is 4.20. The molecule has 3 heterocycles. The Hall–Kier alpha value is -2.21. The average Bonchev–Trinajstić information content (AvgIpc) is 3.01. The molecule has 0 aliphatic carbocycles. The van der Waals surface area contributed by atoms with E-state index < -0.39 is 0 Å². The van der Waals surface area contributed by atoms with E-state index in [0.29, 0.717) is 32.5 Å². The topological polar surface area (TPSA) is 62.3 Å². The van der Waals surface area contributed by atoms with Crippen LogP contribution >= 0.6 is 11.3 Å². The normalized spacial score (nSPS) is 17.8. The number of piperidine rings is 1. The van der Waals surface area contributed by atoms with Crippen molar-refractivity contribution >= 4 is 23.2 Å². The zero-order valence-corrected chi connectivity index (χ0v) is 14.5. The highest BCUT2D eigenvalue weighted by molar-refractivity contribution is 7.11. The van der Waals surface area contributed by atoms with Crippen molar-refractivity contribution in [1.29, 1.82) is 0 Å². The SMILES string of the molecule is Cc1ccc(CNC(=O)[C@@H]2CCC(=O)N(Cc3ccccn3)C2)s1. The summed E-state index contributed by atoms with van der Waals surface area (Å²) in [5.41, 5.74) is 0.848. The van der Waals surface area contributed by atoms with E-state index >= 15 is 0 Å². The number of carbonyl (C=O) groups excluding carboxylic acids is 2. The highest BCUT2D eigenvalue weighted by Crippen LogP contribution is 2.20. The molecule has 0 unspecified atom stereocenters. The van der Waals surface area contributed by atoms with Gasteiger partial charge in [0.1, 0.15) is 0 Å². The third-order valence-corrected chi connectivity index (χ3v) is 5.18. The smallest absolute Gasteiger partial charge is 0.225 e. The van der Waals surface area contributed by atoms with E-state index in [4.69, 9.17) is 0 Å². The number of nitrogens with one attached hydrogen (secondary N) is 1. The number of hydrogen-bond donors (Lipinski definition) is 1. The Bertz CT molecular complexity index is 714. The third-order valence-electron chi connectivity index (χ3n) is 4.18. The van der Waals surface area contributed by atoms with Crippen LogP contribution in [0.5, 0.6) is 0 Å². The van der Waals surface area contributed by atoms with Crippen molar-refractivity contribution in [3.05, 3.63) is 52.0 Å². The first-order chi connectivity index (χ1) is 11.6. The van der Waals surface area contributed by atoms with Gasteiger partial charge in [-0.05, 0) is 37.6 Å². The van der Waals surface area contributed by atoms with Gasteiger partial charge in [-0.3, -0.25) is 14.6 Å². The average molecular weight is 343 g/mol. The van der Waals surface area contributed by atoms with Crippen molar-refractivity contribution in [1.82, 2.24) is 15.2 Å². The van der Waals surface area contributed by atoms with E-state index in [2.05, 4.69) is 23.3 Å². The Kier molecular flexibility index (Phi) is 5.25. The molecule has 2 aromatic rings. The molecule has 2 amide bonds. The molecule has 3 rings (SSSR count). The fraction of sp³-hybridized carbons (Fsp3) is 0.389. The van der Waals surface area contributed by atoms with Crippen LogP contribution in [0.15, 0.2) is 36.5 Å². The molecular formula is C18H21N3O2S. The lowest BCUT2D eigenvalue weighted by Crippen LogP contribution is -2.45. The number of likely N-dealkylation sites (tertiary alicyclic amines) is 1. The highest BCUT2D eigenvalue weighted by atomic mass is 32.1. The predicted molar refractivity (Wildman–Crippen MR) is 93.3 cm³/mol. The van der Waals surface area contributed by atoms with Crippen molar-refractivity contribution < 1.29 is 9.59 Å². The maximum Gasteiger partial charge on any atom is 0.225 e. The van der Waals surface area contributed by atoms with Crippen LogP contribution < -0.4 is 5.32 Å². The summed E-state index contributed by atoms with van der Waals surface area (Å²) in [5.74, 6) is -0.0226. The Labute approximate surface area is 145 Å². The Morgan fingerprint density at radius 3 is 2.96 bits per heavy atom. The van der Waals surface area contributed by atoms with Crippen LogP contribution in [-0.4, -0.2) is 28.2 Å². The standard InChI is InChI=1S/C18H21N3O2S/c1-13-5-7-16(24-13)10-20-18(23)14-6-8-17(22)21(11-14)12-15-4-2-3-9-19-15/h2-5,7,9,14H,6,8,10-12H2,1H3,(H,20,23)/t14-/m1/s1. The van der Waals surface area contributed by atoms with Crippen LogP contribution in [0.2, 0.25) is 0 Å². The summed E-state index contributed by atoms with van der Waals surface area (Å²) in [6, 6.07) is 9.75. The molecule has 2 aromatic heterocycles. The van der Waals surface area contributed by atoms with Gasteiger partial charge in [0.05, 0.1) is 24.7 Å². The van der Waals surface area contributed by atoms with Gasteiger partial charge in [0.2, 0.25) is 11.8 Å². The van der Waals surface area contributed by atoms with Gasteiger partial charge in [0, 0.05) is 28.9 Å². The minimum Gasteiger partial charge on any atom is -0.351 e. The molecule has 1 aliphatic rings. The number of rotatable bonds is 5. The first-order valence-corrected chi connectivity index (χ1v) is 8.94. The first kappa shape index (κ1) is 16.6. The van der Waals surface area contributed by atoms with Crippen molar-refractivity contribution in [3.63, 3.8) is 0 Å². The predicted octanol–water partition coefficient (Wildman–Crippen LogP) is 2.51. The largest absolute Gasteiger partial charge is 0.351 e. The van der Waals surface area contributed by atoms with Crippen LogP contribution in [0.3, 0.4) is 0 Å². The second-order valence-electron chi connectivity index (χ2n) is 6.06. The maximum absolute atomic E-state index is 12.4. The van der Waals surface area contributed by atoms with E-state index in [1.165, 1.54) is 4.88 Å². The van der Waals surface area contributed by atoms with E-state index in [0.717, 1.165) is 10.6 Å². The number of hydrogen-bond acceptors (Lipinski definition) is 4. The summed E-state index contributed by atoms with van der Waals surface area (Å²) in [5, 5.41) is 3.00. The molecule has 0 radical (unpaired) electrons. The number of thiophene rings is 1. The van der Waals surface area contributed by atoms with Gasteiger partial charge < -0.3 is 10.2 Å². The van der Waals surface area contributed by atoms with E-state index in [1.54, 1.807) is 22.4 Å². The molecule has 0 aromatic carbocycles. The fourth-order valence-electron chi connectivity index (χ4n) is 2.87. The quantitative estimate of drug-likeness (QED) is 0.907. The maximum atomic E-state index is 12.4. The monoisotopic (exact) mass is 343 g/mol. The highest BCUT2D eigenvalue weighted by Gasteiger charge is 2.30. The summed E-state index contributed by atoms with van der Waals surface area (Å²) in [4.78, 5) is 32.9. The molecule has 1 atom stereocenters. The van der Waals surface area contributed by atoms with Gasteiger partial charge in [0.25, 0.3) is 0 Å². The number of aromatic nitrogens is 1. The van der Waals surface area contributed by atoms with Gasteiger partial charge in [-0.15, -0.1) is 11.3 Å². The Morgan fingerprint density at radius 2 is 2.25 bits per heavy atom. The molecule has 24 heavy (non-hydrogen) atoms. The zero-order chi connectivity index (χ0) is 16.9. The van der Waals surface area contributed by atoms with Crippen molar-refractivity contribution in [2.45, 2.75) is 32.9 Å². The molecule has 0 saturated carbocycles. The molecule has 1 fully saturated rings. The second-order valence-corrected chi connectivity index (χ2v) is 7.43. The lowest BCUT2D eigenvalue weighted by atomic mass is 9.96. The summed E-state index contributed by atoms with van der Waals surface area (Å²) >= 11 is 1.69. The van der Waals surface area contributed by atoms with Crippen molar-refractivity contribution in [2.24, 2.45) is 5.92 Å². The molecule has 0 spiro atoms. The lowest BCUT2D eigenvalue weighted by molar-refractivity contribution is -0.139. The number of amides is 2. The first-order valence-electron chi connectivity index (χ1n) is 8.12. The number of aryl methyl sites for hydroxylation is 1. The summed E-state index contributed by atoms with van der Waals surface area (Å²) < 4.78 is 0. The lowest BCUT2D eigenvalue weighted by Gasteiger charge is -2.31. The minimum absolute atomic E-state index is 0.0274. The summed E-state index contributed by atoms with van der Waals surface area (Å²) in [6.45, 7) is 3.54. The van der Waals surface area contributed by atoms with Gasteiger partial charge >= 0.3 is 0 Å². The van der Waals surface area contributed by atoms with Crippen molar-refractivity contribution in [3.8, 4) is 0 Å². The van der Waals surface area contributed by atoms with Crippen LogP contribution in [0.25, 0.3) is 0 Å². The molecule has 0 bridgehead atoms. The van der Waals surface area contributed by atoms with E-state index in [1.807, 2.05) is 24.3 Å². The number of carbonyl (C=O) groups is 2.